The first-order chi connectivity index (χ1) is 12.2. The molecule has 2 aromatic rings. The van der Waals surface area contributed by atoms with Crippen molar-refractivity contribution in [2.24, 2.45) is 19.8 Å². The number of fused-ring (bicyclic) bond motifs is 1. The molecule has 1 fully saturated rings. The van der Waals surface area contributed by atoms with Crippen molar-refractivity contribution >= 4 is 34.6 Å². The van der Waals surface area contributed by atoms with Crippen LogP contribution >= 0.6 is 11.6 Å². The average Bonchev–Trinajstić information content (AvgIpc) is 2.94. The largest absolute Gasteiger partial charge is 0.368 e. The molecular weight excluding hydrogens is 364 g/mol. The maximum atomic E-state index is 12.8. The highest BCUT2D eigenvalue weighted by Crippen LogP contribution is 2.20. The first-order valence-electron chi connectivity index (χ1n) is 8.14. The van der Waals surface area contributed by atoms with Gasteiger partial charge in [-0.1, -0.05) is 0 Å². The summed E-state index contributed by atoms with van der Waals surface area (Å²) in [5, 5.41) is -0.0840. The van der Waals surface area contributed by atoms with E-state index >= 15 is 0 Å². The number of primary amides is 1. The van der Waals surface area contributed by atoms with Gasteiger partial charge in [-0.25, -0.2) is 4.79 Å². The van der Waals surface area contributed by atoms with Gasteiger partial charge in [0.15, 0.2) is 11.2 Å². The van der Waals surface area contributed by atoms with Gasteiger partial charge in [-0.15, -0.1) is 0 Å². The zero-order chi connectivity index (χ0) is 19.2. The smallest absolute Gasteiger partial charge is 0.332 e. The van der Waals surface area contributed by atoms with Crippen molar-refractivity contribution in [1.82, 2.24) is 23.6 Å². The van der Waals surface area contributed by atoms with Gasteiger partial charge in [0.05, 0.1) is 0 Å². The Balaban J connectivity index is 2.05. The molecule has 1 atom stereocenters. The molecule has 0 bridgehead atoms. The lowest BCUT2D eigenvalue weighted by atomic mass is 10.0. The summed E-state index contributed by atoms with van der Waals surface area (Å²) in [6.07, 6.45) is 2.09. The molecule has 0 spiro atoms. The van der Waals surface area contributed by atoms with E-state index < -0.39 is 23.2 Å². The van der Waals surface area contributed by atoms with Gasteiger partial charge >= 0.3 is 5.69 Å². The minimum atomic E-state index is -0.669. The number of likely N-dealkylation sites (tertiary alicyclic amines) is 1. The standard InChI is InChI=1S/C15H19ClN6O4/c1-19-12-10(13(25)20(2)15(19)26)22(14(16)18-12)7-9(23)21-6-4-3-5-8(21)11(17)24/h8H,3-7H2,1-2H3,(H2,17,24)/t8-/m1/s1. The number of carbonyl (C=O) groups is 2. The summed E-state index contributed by atoms with van der Waals surface area (Å²) in [4.78, 5) is 54.4. The SMILES string of the molecule is Cn1c(=O)c2c(nc(Cl)n2CC(=O)N2CCCC[C@@H]2C(N)=O)n(C)c1=O. The molecule has 11 heteroatoms. The van der Waals surface area contributed by atoms with E-state index in [1.54, 1.807) is 0 Å². The summed E-state index contributed by atoms with van der Waals surface area (Å²) in [5.74, 6) is -0.941. The summed E-state index contributed by atoms with van der Waals surface area (Å²) >= 11 is 6.12. The first-order valence-corrected chi connectivity index (χ1v) is 8.52. The van der Waals surface area contributed by atoms with Crippen LogP contribution in [0.25, 0.3) is 11.2 Å². The number of imidazole rings is 1. The highest BCUT2D eigenvalue weighted by molar-refractivity contribution is 6.29. The van der Waals surface area contributed by atoms with E-state index in [-0.39, 0.29) is 28.9 Å². The number of carbonyl (C=O) groups excluding carboxylic acids is 2. The lowest BCUT2D eigenvalue weighted by Crippen LogP contribution is -2.51. The third-order valence-electron chi connectivity index (χ3n) is 4.75. The molecule has 3 heterocycles. The number of hydrogen-bond donors (Lipinski definition) is 1. The van der Waals surface area contributed by atoms with Gasteiger partial charge in [-0.3, -0.25) is 28.1 Å². The van der Waals surface area contributed by atoms with Crippen molar-refractivity contribution in [2.75, 3.05) is 6.54 Å². The topological polar surface area (TPSA) is 125 Å². The third kappa shape index (κ3) is 2.79. The van der Waals surface area contributed by atoms with Crippen LogP contribution in [0.3, 0.4) is 0 Å². The Labute approximate surface area is 152 Å². The summed E-state index contributed by atoms with van der Waals surface area (Å²) in [5.41, 5.74) is 4.42. The number of aryl methyl sites for hydroxylation is 1. The van der Waals surface area contributed by atoms with Crippen molar-refractivity contribution in [3.8, 4) is 0 Å². The Hall–Kier alpha value is -2.62. The van der Waals surface area contributed by atoms with Gasteiger partial charge in [0.1, 0.15) is 12.6 Å². The minimum absolute atomic E-state index is 0.0561. The third-order valence-corrected chi connectivity index (χ3v) is 5.03. The van der Waals surface area contributed by atoms with Crippen LogP contribution in [0.2, 0.25) is 5.28 Å². The van der Waals surface area contributed by atoms with Crippen LogP contribution < -0.4 is 17.0 Å². The molecule has 26 heavy (non-hydrogen) atoms. The van der Waals surface area contributed by atoms with E-state index in [4.69, 9.17) is 17.3 Å². The predicted molar refractivity (Wildman–Crippen MR) is 93.8 cm³/mol. The van der Waals surface area contributed by atoms with Crippen LogP contribution in [-0.4, -0.2) is 48.0 Å². The molecule has 2 amide bonds. The van der Waals surface area contributed by atoms with E-state index in [0.29, 0.717) is 13.0 Å². The Morgan fingerprint density at radius 1 is 1.23 bits per heavy atom. The second kappa shape index (κ2) is 6.60. The highest BCUT2D eigenvalue weighted by atomic mass is 35.5. The second-order valence-corrected chi connectivity index (χ2v) is 6.68. The molecule has 140 valence electrons. The molecule has 0 aliphatic carbocycles. The van der Waals surface area contributed by atoms with Crippen molar-refractivity contribution < 1.29 is 9.59 Å². The van der Waals surface area contributed by atoms with Crippen LogP contribution in [-0.2, 0) is 30.2 Å². The molecule has 1 aliphatic heterocycles. The average molecular weight is 383 g/mol. The van der Waals surface area contributed by atoms with E-state index in [0.717, 1.165) is 17.4 Å². The van der Waals surface area contributed by atoms with E-state index in [1.807, 2.05) is 0 Å². The highest BCUT2D eigenvalue weighted by Gasteiger charge is 2.31. The number of nitrogens with two attached hydrogens (primary N) is 1. The van der Waals surface area contributed by atoms with Crippen molar-refractivity contribution in [2.45, 2.75) is 31.8 Å². The normalized spacial score (nSPS) is 17.7. The molecule has 0 aromatic carbocycles. The number of aromatic nitrogens is 4. The van der Waals surface area contributed by atoms with E-state index in [1.165, 1.54) is 28.1 Å². The Morgan fingerprint density at radius 2 is 1.92 bits per heavy atom. The molecule has 0 saturated carbocycles. The fraction of sp³-hybridized carbons (Fsp3) is 0.533. The molecule has 2 N–H and O–H groups in total. The Kier molecular flexibility index (Phi) is 4.61. The van der Waals surface area contributed by atoms with Gasteiger partial charge in [0.25, 0.3) is 5.56 Å². The van der Waals surface area contributed by atoms with Gasteiger partial charge in [-0.05, 0) is 30.9 Å². The lowest BCUT2D eigenvalue weighted by Gasteiger charge is -2.33. The summed E-state index contributed by atoms with van der Waals surface area (Å²) < 4.78 is 3.37. The van der Waals surface area contributed by atoms with Crippen molar-refractivity contribution in [3.05, 3.63) is 26.1 Å². The Morgan fingerprint density at radius 3 is 2.58 bits per heavy atom. The van der Waals surface area contributed by atoms with Crippen LogP contribution in [0.15, 0.2) is 9.59 Å². The molecule has 10 nitrogen and oxygen atoms in total. The minimum Gasteiger partial charge on any atom is -0.368 e. The van der Waals surface area contributed by atoms with Gasteiger partial charge < -0.3 is 10.6 Å². The molecule has 1 saturated heterocycles. The zero-order valence-corrected chi connectivity index (χ0v) is 15.2. The molecule has 3 rings (SSSR count). The van der Waals surface area contributed by atoms with Gasteiger partial charge in [-0.2, -0.15) is 4.98 Å². The summed E-state index contributed by atoms with van der Waals surface area (Å²) in [6.45, 7) is 0.139. The van der Waals surface area contributed by atoms with E-state index in [9.17, 15) is 19.2 Å². The second-order valence-electron chi connectivity index (χ2n) is 6.35. The Bertz CT molecular complexity index is 1020. The number of hydrogen-bond acceptors (Lipinski definition) is 5. The zero-order valence-electron chi connectivity index (χ0n) is 14.4. The fourth-order valence-electron chi connectivity index (χ4n) is 3.32. The maximum Gasteiger partial charge on any atom is 0.332 e. The lowest BCUT2D eigenvalue weighted by molar-refractivity contribution is -0.141. The van der Waals surface area contributed by atoms with Crippen LogP contribution in [0.4, 0.5) is 0 Å². The number of nitrogens with zero attached hydrogens (tertiary/aromatic N) is 5. The van der Waals surface area contributed by atoms with Crippen molar-refractivity contribution in [1.29, 1.82) is 0 Å². The van der Waals surface area contributed by atoms with Gasteiger partial charge in [0, 0.05) is 20.6 Å². The van der Waals surface area contributed by atoms with Crippen LogP contribution in [0, 0.1) is 0 Å². The van der Waals surface area contributed by atoms with Gasteiger partial charge in [0.2, 0.25) is 17.1 Å². The number of amides is 2. The first kappa shape index (κ1) is 18.2. The monoisotopic (exact) mass is 382 g/mol. The van der Waals surface area contributed by atoms with E-state index in [2.05, 4.69) is 4.98 Å². The predicted octanol–water partition coefficient (Wildman–Crippen LogP) is -1.05. The molecule has 0 radical (unpaired) electrons. The summed E-state index contributed by atoms with van der Waals surface area (Å²) in [6, 6.07) is -0.669. The number of piperidine rings is 1. The van der Waals surface area contributed by atoms with Crippen LogP contribution in [0.1, 0.15) is 19.3 Å². The molecule has 2 aromatic heterocycles. The molecule has 0 unspecified atom stereocenters. The fourth-order valence-corrected chi connectivity index (χ4v) is 3.54. The maximum absolute atomic E-state index is 12.8. The van der Waals surface area contributed by atoms with Crippen molar-refractivity contribution in [3.63, 3.8) is 0 Å². The summed E-state index contributed by atoms with van der Waals surface area (Å²) in [7, 11) is 2.80. The number of rotatable bonds is 3. The molecular formula is C15H19ClN6O4. The quantitative estimate of drug-likeness (QED) is 0.678. The molecule has 1 aliphatic rings. The number of halogens is 1. The van der Waals surface area contributed by atoms with Crippen LogP contribution in [0.5, 0.6) is 0 Å².